The Bertz CT molecular complexity index is 692. The van der Waals surface area contributed by atoms with Crippen LogP contribution in [0.3, 0.4) is 0 Å². The number of imidazole rings is 1. The van der Waals surface area contributed by atoms with Crippen LogP contribution < -0.4 is 10.6 Å². The van der Waals surface area contributed by atoms with Crippen LogP contribution >= 0.6 is 0 Å². The maximum Gasteiger partial charge on any atom is 0.180 e. The lowest BCUT2D eigenvalue weighted by Crippen LogP contribution is -2.08. The van der Waals surface area contributed by atoms with Gasteiger partial charge in [0.1, 0.15) is 5.82 Å². The molecule has 102 valence electrons. The highest BCUT2D eigenvalue weighted by Gasteiger charge is 2.07. The van der Waals surface area contributed by atoms with Gasteiger partial charge in [-0.1, -0.05) is 0 Å². The van der Waals surface area contributed by atoms with Crippen LogP contribution in [0.2, 0.25) is 0 Å². The Labute approximate surface area is 116 Å². The SMILES string of the molecule is CCNc1cn2ccnc2c(NCc2cccnn2)n1. The summed E-state index contributed by atoms with van der Waals surface area (Å²) in [6.07, 6.45) is 7.21. The lowest BCUT2D eigenvalue weighted by molar-refractivity contribution is 0.919. The fourth-order valence-corrected chi connectivity index (χ4v) is 1.92. The van der Waals surface area contributed by atoms with Crippen LogP contribution in [0.4, 0.5) is 11.6 Å². The first-order chi connectivity index (χ1) is 9.86. The van der Waals surface area contributed by atoms with Crippen molar-refractivity contribution in [2.75, 3.05) is 17.2 Å². The molecule has 0 spiro atoms. The molecule has 0 atom stereocenters. The summed E-state index contributed by atoms with van der Waals surface area (Å²) in [6, 6.07) is 3.77. The number of aromatic nitrogens is 5. The standard InChI is InChI=1S/C13H15N7/c1-2-14-11-9-20-7-6-15-13(20)12(18-11)16-8-10-4-3-5-17-19-10/h3-7,9,14H,2,8H2,1H3,(H,16,18). The fourth-order valence-electron chi connectivity index (χ4n) is 1.92. The molecule has 20 heavy (non-hydrogen) atoms. The van der Waals surface area contributed by atoms with Gasteiger partial charge in [0.15, 0.2) is 11.5 Å². The van der Waals surface area contributed by atoms with Gasteiger partial charge in [0.05, 0.1) is 18.4 Å². The molecule has 3 aromatic heterocycles. The topological polar surface area (TPSA) is 80.0 Å². The van der Waals surface area contributed by atoms with Gasteiger partial charge in [-0.15, -0.1) is 0 Å². The summed E-state index contributed by atoms with van der Waals surface area (Å²) >= 11 is 0. The first-order valence-corrected chi connectivity index (χ1v) is 6.45. The third-order valence-electron chi connectivity index (χ3n) is 2.80. The van der Waals surface area contributed by atoms with Gasteiger partial charge >= 0.3 is 0 Å². The fraction of sp³-hybridized carbons (Fsp3) is 0.231. The van der Waals surface area contributed by atoms with Crippen molar-refractivity contribution >= 4 is 17.3 Å². The highest BCUT2D eigenvalue weighted by Crippen LogP contribution is 2.16. The number of hydrogen-bond donors (Lipinski definition) is 2. The van der Waals surface area contributed by atoms with Crippen LogP contribution in [0.15, 0.2) is 36.9 Å². The van der Waals surface area contributed by atoms with E-state index in [4.69, 9.17) is 0 Å². The summed E-state index contributed by atoms with van der Waals surface area (Å²) in [6.45, 7) is 3.40. The molecule has 2 N–H and O–H groups in total. The van der Waals surface area contributed by atoms with Gasteiger partial charge < -0.3 is 15.0 Å². The molecular formula is C13H15N7. The van der Waals surface area contributed by atoms with Crippen molar-refractivity contribution in [3.63, 3.8) is 0 Å². The molecule has 0 aliphatic rings. The predicted octanol–water partition coefficient (Wildman–Crippen LogP) is 1.56. The molecule has 3 aromatic rings. The van der Waals surface area contributed by atoms with Crippen molar-refractivity contribution in [3.05, 3.63) is 42.6 Å². The first kappa shape index (κ1) is 12.3. The monoisotopic (exact) mass is 269 g/mol. The second-order valence-electron chi connectivity index (χ2n) is 4.23. The van der Waals surface area contributed by atoms with Crippen molar-refractivity contribution in [2.45, 2.75) is 13.5 Å². The second-order valence-corrected chi connectivity index (χ2v) is 4.23. The molecule has 0 bridgehead atoms. The number of nitrogens with one attached hydrogen (secondary N) is 2. The minimum Gasteiger partial charge on any atom is -0.369 e. The predicted molar refractivity (Wildman–Crippen MR) is 76.5 cm³/mol. The van der Waals surface area contributed by atoms with Crippen LogP contribution in [0.5, 0.6) is 0 Å². The average Bonchev–Trinajstić information content (AvgIpc) is 2.95. The van der Waals surface area contributed by atoms with Gasteiger partial charge in [-0.05, 0) is 19.1 Å². The van der Waals surface area contributed by atoms with Gasteiger partial charge in [0.25, 0.3) is 0 Å². The largest absolute Gasteiger partial charge is 0.369 e. The van der Waals surface area contributed by atoms with E-state index in [1.54, 1.807) is 12.4 Å². The van der Waals surface area contributed by atoms with E-state index >= 15 is 0 Å². The molecule has 0 aromatic carbocycles. The van der Waals surface area contributed by atoms with Crippen LogP contribution in [0.1, 0.15) is 12.6 Å². The van der Waals surface area contributed by atoms with Crippen molar-refractivity contribution in [3.8, 4) is 0 Å². The molecule has 0 aliphatic carbocycles. The van der Waals surface area contributed by atoms with Gasteiger partial charge in [-0.2, -0.15) is 10.2 Å². The number of rotatable bonds is 5. The molecule has 0 radical (unpaired) electrons. The molecule has 7 nitrogen and oxygen atoms in total. The number of fused-ring (bicyclic) bond motifs is 1. The van der Waals surface area contributed by atoms with Gasteiger partial charge in [0.2, 0.25) is 0 Å². The van der Waals surface area contributed by atoms with Gasteiger partial charge in [0, 0.05) is 25.1 Å². The second kappa shape index (κ2) is 5.52. The maximum absolute atomic E-state index is 4.52. The van der Waals surface area contributed by atoms with Crippen LogP contribution in [0, 0.1) is 0 Å². The minimum atomic E-state index is 0.555. The summed E-state index contributed by atoms with van der Waals surface area (Å²) < 4.78 is 1.93. The number of nitrogens with zero attached hydrogens (tertiary/aromatic N) is 5. The van der Waals surface area contributed by atoms with E-state index in [0.29, 0.717) is 6.54 Å². The van der Waals surface area contributed by atoms with Gasteiger partial charge in [-0.3, -0.25) is 0 Å². The molecule has 0 fully saturated rings. The number of hydrogen-bond acceptors (Lipinski definition) is 6. The summed E-state index contributed by atoms with van der Waals surface area (Å²) in [5.41, 5.74) is 1.64. The molecule has 0 saturated heterocycles. The smallest absolute Gasteiger partial charge is 0.180 e. The summed E-state index contributed by atoms with van der Waals surface area (Å²) in [5.74, 6) is 1.53. The summed E-state index contributed by atoms with van der Waals surface area (Å²) in [4.78, 5) is 8.83. The zero-order valence-electron chi connectivity index (χ0n) is 11.1. The molecule has 7 heteroatoms. The quantitative estimate of drug-likeness (QED) is 0.731. The van der Waals surface area contributed by atoms with Crippen molar-refractivity contribution < 1.29 is 0 Å². The van der Waals surface area contributed by atoms with E-state index in [-0.39, 0.29) is 0 Å². The maximum atomic E-state index is 4.52. The molecule has 0 aliphatic heterocycles. The molecule has 0 unspecified atom stereocenters. The van der Waals surface area contributed by atoms with E-state index in [0.717, 1.165) is 29.5 Å². The van der Waals surface area contributed by atoms with E-state index in [9.17, 15) is 0 Å². The highest BCUT2D eigenvalue weighted by atomic mass is 15.2. The van der Waals surface area contributed by atoms with Crippen LogP contribution in [-0.4, -0.2) is 31.1 Å². The lowest BCUT2D eigenvalue weighted by atomic mass is 10.4. The Kier molecular flexibility index (Phi) is 3.40. The molecule has 3 rings (SSSR count). The first-order valence-electron chi connectivity index (χ1n) is 6.45. The molecule has 0 saturated carbocycles. The zero-order chi connectivity index (χ0) is 13.8. The Hall–Kier alpha value is -2.70. The van der Waals surface area contributed by atoms with E-state index in [1.165, 1.54) is 0 Å². The summed E-state index contributed by atoms with van der Waals surface area (Å²) in [5, 5.41) is 14.3. The Morgan fingerprint density at radius 1 is 1.25 bits per heavy atom. The van der Waals surface area contributed by atoms with Crippen LogP contribution in [0.25, 0.3) is 5.65 Å². The highest BCUT2D eigenvalue weighted by molar-refractivity contribution is 5.65. The Morgan fingerprint density at radius 3 is 3.00 bits per heavy atom. The van der Waals surface area contributed by atoms with Crippen molar-refractivity contribution in [1.82, 2.24) is 24.6 Å². The third-order valence-corrected chi connectivity index (χ3v) is 2.80. The Morgan fingerprint density at radius 2 is 2.20 bits per heavy atom. The third kappa shape index (κ3) is 2.51. The Balaban J connectivity index is 1.87. The normalized spacial score (nSPS) is 10.7. The van der Waals surface area contributed by atoms with Crippen molar-refractivity contribution in [2.24, 2.45) is 0 Å². The van der Waals surface area contributed by atoms with E-state index in [2.05, 4.69) is 30.8 Å². The molecular weight excluding hydrogens is 254 g/mol. The van der Waals surface area contributed by atoms with Crippen molar-refractivity contribution in [1.29, 1.82) is 0 Å². The zero-order valence-corrected chi connectivity index (χ0v) is 11.1. The average molecular weight is 269 g/mol. The van der Waals surface area contributed by atoms with Crippen LogP contribution in [-0.2, 0) is 6.54 Å². The van der Waals surface area contributed by atoms with Gasteiger partial charge in [-0.25, -0.2) is 9.97 Å². The number of anilines is 2. The molecule has 0 amide bonds. The van der Waals surface area contributed by atoms with E-state index in [1.807, 2.05) is 35.9 Å². The van der Waals surface area contributed by atoms with E-state index < -0.39 is 0 Å². The summed E-state index contributed by atoms with van der Waals surface area (Å²) in [7, 11) is 0. The minimum absolute atomic E-state index is 0.555. The lowest BCUT2D eigenvalue weighted by Gasteiger charge is -2.09. The molecule has 3 heterocycles.